The van der Waals surface area contributed by atoms with E-state index in [1.165, 1.54) is 16.2 Å². The van der Waals surface area contributed by atoms with E-state index in [9.17, 15) is 5.11 Å². The Kier molecular flexibility index (Phi) is 4.95. The minimum Gasteiger partial charge on any atom is -0.507 e. The fourth-order valence-electron chi connectivity index (χ4n) is 3.40. The highest BCUT2D eigenvalue weighted by molar-refractivity contribution is 5.58. The zero-order chi connectivity index (χ0) is 17.1. The second kappa shape index (κ2) is 7.14. The molecule has 0 radical (unpaired) electrons. The zero-order valence-electron chi connectivity index (χ0n) is 14.8. The van der Waals surface area contributed by atoms with Gasteiger partial charge in [-0.15, -0.1) is 0 Å². The third kappa shape index (κ3) is 3.49. The number of rotatable bonds is 4. The fraction of sp³-hybridized carbons (Fsp3) is 0.400. The van der Waals surface area contributed by atoms with Crippen LogP contribution in [0, 0.1) is 13.8 Å². The first kappa shape index (κ1) is 16.7. The number of anilines is 1. The van der Waals surface area contributed by atoms with Crippen molar-refractivity contribution in [1.29, 1.82) is 0 Å². The maximum atomic E-state index is 10.2. The van der Waals surface area contributed by atoms with Gasteiger partial charge in [-0.2, -0.15) is 0 Å². The molecule has 1 aliphatic heterocycles. The van der Waals surface area contributed by atoms with Gasteiger partial charge in [-0.3, -0.25) is 0 Å². The van der Waals surface area contributed by atoms with Crippen molar-refractivity contribution in [1.82, 2.24) is 0 Å². The molecule has 4 nitrogen and oxygen atoms in total. The SMILES string of the molecule is COc1ccccc1N1CC[NH+](Cc2cc(C)c(C)cc2O)CC1. The first-order valence-electron chi connectivity index (χ1n) is 8.59. The number of phenols is 1. The summed E-state index contributed by atoms with van der Waals surface area (Å²) < 4.78 is 5.48. The predicted octanol–water partition coefficient (Wildman–Crippen LogP) is 1.92. The van der Waals surface area contributed by atoms with Crippen molar-refractivity contribution in [2.75, 3.05) is 38.2 Å². The lowest BCUT2D eigenvalue weighted by Crippen LogP contribution is -3.13. The number of quaternary nitrogens is 1. The van der Waals surface area contributed by atoms with Crippen LogP contribution in [-0.2, 0) is 6.54 Å². The Morgan fingerprint density at radius 1 is 1.08 bits per heavy atom. The van der Waals surface area contributed by atoms with Gasteiger partial charge in [0.25, 0.3) is 0 Å². The van der Waals surface area contributed by atoms with E-state index < -0.39 is 0 Å². The van der Waals surface area contributed by atoms with Crippen molar-refractivity contribution in [2.45, 2.75) is 20.4 Å². The molecule has 1 saturated heterocycles. The van der Waals surface area contributed by atoms with E-state index in [-0.39, 0.29) is 0 Å². The number of methoxy groups -OCH3 is 1. The third-order valence-corrected chi connectivity index (χ3v) is 5.03. The topological polar surface area (TPSA) is 37.1 Å². The molecule has 2 aromatic rings. The molecular formula is C20H27N2O2+. The second-order valence-electron chi connectivity index (χ2n) is 6.65. The van der Waals surface area contributed by atoms with Crippen LogP contribution in [0.5, 0.6) is 11.5 Å². The van der Waals surface area contributed by atoms with E-state index in [1.807, 2.05) is 25.1 Å². The lowest BCUT2D eigenvalue weighted by atomic mass is 10.0. The molecule has 0 unspecified atom stereocenters. The smallest absolute Gasteiger partial charge is 0.142 e. The Morgan fingerprint density at radius 3 is 2.46 bits per heavy atom. The van der Waals surface area contributed by atoms with Crippen molar-refractivity contribution in [3.05, 3.63) is 53.1 Å². The normalized spacial score (nSPS) is 15.5. The minimum absolute atomic E-state index is 0.428. The maximum Gasteiger partial charge on any atom is 0.142 e. The zero-order valence-corrected chi connectivity index (χ0v) is 14.8. The second-order valence-corrected chi connectivity index (χ2v) is 6.65. The standard InChI is InChI=1S/C20H26N2O2/c1-15-12-17(19(23)13-16(15)2)14-21-8-10-22(11-9-21)18-6-4-5-7-20(18)24-3/h4-7,12-13,23H,8-11,14H2,1-3H3/p+1. The molecule has 0 aromatic heterocycles. The first-order valence-corrected chi connectivity index (χ1v) is 8.59. The van der Waals surface area contributed by atoms with Gasteiger partial charge < -0.3 is 19.6 Å². The number of aryl methyl sites for hydroxylation is 2. The van der Waals surface area contributed by atoms with Crippen molar-refractivity contribution >= 4 is 5.69 Å². The van der Waals surface area contributed by atoms with Crippen molar-refractivity contribution in [2.24, 2.45) is 0 Å². The van der Waals surface area contributed by atoms with Gasteiger partial charge in [0.1, 0.15) is 18.0 Å². The lowest BCUT2D eigenvalue weighted by Gasteiger charge is -2.34. The summed E-state index contributed by atoms with van der Waals surface area (Å²) in [6.45, 7) is 9.15. The summed E-state index contributed by atoms with van der Waals surface area (Å²) >= 11 is 0. The molecule has 0 saturated carbocycles. The summed E-state index contributed by atoms with van der Waals surface area (Å²) in [5.74, 6) is 1.37. The number of aromatic hydroxyl groups is 1. The van der Waals surface area contributed by atoms with Gasteiger partial charge in [-0.05, 0) is 49.2 Å². The van der Waals surface area contributed by atoms with Crippen LogP contribution >= 0.6 is 0 Å². The summed E-state index contributed by atoms with van der Waals surface area (Å²) in [7, 11) is 1.73. The van der Waals surface area contributed by atoms with Gasteiger partial charge in [0.2, 0.25) is 0 Å². The van der Waals surface area contributed by atoms with Crippen molar-refractivity contribution in [3.63, 3.8) is 0 Å². The molecule has 2 N–H and O–H groups in total. The molecule has 2 aromatic carbocycles. The largest absolute Gasteiger partial charge is 0.507 e. The Balaban J connectivity index is 1.64. The molecule has 0 aliphatic carbocycles. The van der Waals surface area contributed by atoms with Crippen LogP contribution < -0.4 is 14.5 Å². The average Bonchev–Trinajstić information content (AvgIpc) is 2.60. The summed E-state index contributed by atoms with van der Waals surface area (Å²) in [4.78, 5) is 3.91. The van der Waals surface area contributed by atoms with Crippen molar-refractivity contribution < 1.29 is 14.7 Å². The molecule has 1 fully saturated rings. The third-order valence-electron chi connectivity index (χ3n) is 5.03. The van der Waals surface area contributed by atoms with Gasteiger partial charge in [0.15, 0.2) is 0 Å². The van der Waals surface area contributed by atoms with E-state index >= 15 is 0 Å². The summed E-state index contributed by atoms with van der Waals surface area (Å²) in [5, 5.41) is 10.2. The number of piperazine rings is 1. The summed E-state index contributed by atoms with van der Waals surface area (Å²) in [6, 6.07) is 12.2. The number of nitrogens with one attached hydrogen (secondary N) is 1. The fourth-order valence-corrected chi connectivity index (χ4v) is 3.40. The summed E-state index contributed by atoms with van der Waals surface area (Å²) in [5.41, 5.74) is 4.62. The number of phenolic OH excluding ortho intramolecular Hbond substituents is 1. The average molecular weight is 327 g/mol. The van der Waals surface area contributed by atoms with E-state index in [2.05, 4.69) is 30.0 Å². The maximum absolute atomic E-state index is 10.2. The van der Waals surface area contributed by atoms with E-state index in [4.69, 9.17) is 4.74 Å². The Bertz CT molecular complexity index is 707. The van der Waals surface area contributed by atoms with Crippen LogP contribution in [0.3, 0.4) is 0 Å². The van der Waals surface area contributed by atoms with Crippen molar-refractivity contribution in [3.8, 4) is 11.5 Å². The van der Waals surface area contributed by atoms with E-state index in [0.29, 0.717) is 5.75 Å². The Morgan fingerprint density at radius 2 is 1.75 bits per heavy atom. The Hall–Kier alpha value is -2.20. The molecule has 128 valence electrons. The minimum atomic E-state index is 0.428. The molecule has 3 rings (SSSR count). The van der Waals surface area contributed by atoms with E-state index in [0.717, 1.165) is 49.6 Å². The van der Waals surface area contributed by atoms with E-state index in [1.54, 1.807) is 7.11 Å². The van der Waals surface area contributed by atoms with Gasteiger partial charge in [-0.25, -0.2) is 0 Å². The van der Waals surface area contributed by atoms with Gasteiger partial charge >= 0.3 is 0 Å². The van der Waals surface area contributed by atoms with Crippen LogP contribution in [0.4, 0.5) is 5.69 Å². The molecule has 0 bridgehead atoms. The molecule has 0 amide bonds. The molecule has 0 atom stereocenters. The molecule has 1 heterocycles. The number of para-hydroxylation sites is 2. The Labute approximate surface area is 144 Å². The van der Waals surface area contributed by atoms with Crippen LogP contribution in [-0.4, -0.2) is 38.4 Å². The molecule has 1 aliphatic rings. The highest BCUT2D eigenvalue weighted by Gasteiger charge is 2.23. The quantitative estimate of drug-likeness (QED) is 0.901. The first-order chi connectivity index (χ1) is 11.6. The monoisotopic (exact) mass is 327 g/mol. The van der Waals surface area contributed by atoms with Crippen LogP contribution in [0.1, 0.15) is 16.7 Å². The predicted molar refractivity (Wildman–Crippen MR) is 97.2 cm³/mol. The number of hydrogen-bond donors (Lipinski definition) is 2. The number of ether oxygens (including phenoxy) is 1. The van der Waals surface area contributed by atoms with Gasteiger partial charge in [0, 0.05) is 5.56 Å². The lowest BCUT2D eigenvalue weighted by molar-refractivity contribution is -0.914. The number of hydrogen-bond acceptors (Lipinski definition) is 3. The molecular weight excluding hydrogens is 300 g/mol. The van der Waals surface area contributed by atoms with Gasteiger partial charge in [-0.1, -0.05) is 12.1 Å². The highest BCUT2D eigenvalue weighted by Crippen LogP contribution is 2.27. The number of benzene rings is 2. The molecule has 24 heavy (non-hydrogen) atoms. The van der Waals surface area contributed by atoms with Crippen LogP contribution in [0.15, 0.2) is 36.4 Å². The van der Waals surface area contributed by atoms with Crippen LogP contribution in [0.2, 0.25) is 0 Å². The number of nitrogens with zero attached hydrogens (tertiary/aromatic N) is 1. The van der Waals surface area contributed by atoms with Gasteiger partial charge in [0.05, 0.1) is 39.0 Å². The van der Waals surface area contributed by atoms with Crippen LogP contribution in [0.25, 0.3) is 0 Å². The highest BCUT2D eigenvalue weighted by atomic mass is 16.5. The molecule has 0 spiro atoms. The summed E-state index contributed by atoms with van der Waals surface area (Å²) in [6.07, 6.45) is 0. The molecule has 4 heteroatoms.